The molecule has 0 spiro atoms. The van der Waals surface area contributed by atoms with Gasteiger partial charge in [0.05, 0.1) is 13.3 Å². The van der Waals surface area contributed by atoms with Crippen molar-refractivity contribution in [3.63, 3.8) is 0 Å². The van der Waals surface area contributed by atoms with Crippen LogP contribution < -0.4 is 20.2 Å². The number of ether oxygens (including phenoxy) is 2. The summed E-state index contributed by atoms with van der Waals surface area (Å²) in [5.41, 5.74) is 4.18. The first-order valence-corrected chi connectivity index (χ1v) is 11.5. The van der Waals surface area contributed by atoms with Crippen molar-refractivity contribution in [3.05, 3.63) is 86.9 Å². The van der Waals surface area contributed by atoms with Gasteiger partial charge in [-0.2, -0.15) is 5.10 Å². The Labute approximate surface area is 218 Å². The quantitative estimate of drug-likeness (QED) is 0.201. The Morgan fingerprint density at radius 1 is 0.971 bits per heavy atom. The molecule has 0 aliphatic heterocycles. The molecule has 3 aromatic rings. The van der Waals surface area contributed by atoms with Crippen LogP contribution in [0.5, 0.6) is 11.5 Å². The van der Waals surface area contributed by atoms with Gasteiger partial charge in [-0.25, -0.2) is 5.43 Å². The van der Waals surface area contributed by atoms with Crippen molar-refractivity contribution in [3.8, 4) is 11.5 Å². The predicted molar refractivity (Wildman–Crippen MR) is 139 cm³/mol. The van der Waals surface area contributed by atoms with Gasteiger partial charge in [0, 0.05) is 31.9 Å². The largest absolute Gasteiger partial charge is 0.497 e. The third-order valence-electron chi connectivity index (χ3n) is 4.89. The van der Waals surface area contributed by atoms with Crippen LogP contribution in [0.4, 0.5) is 5.69 Å². The van der Waals surface area contributed by atoms with Gasteiger partial charge < -0.3 is 14.8 Å². The van der Waals surface area contributed by atoms with Gasteiger partial charge in [0.25, 0.3) is 5.91 Å². The first kappa shape index (κ1) is 26.3. The highest BCUT2D eigenvalue weighted by atomic mass is 35.5. The van der Waals surface area contributed by atoms with Gasteiger partial charge >= 0.3 is 0 Å². The first-order valence-electron chi connectivity index (χ1n) is 10.4. The second-order valence-corrected chi connectivity index (χ2v) is 8.66. The molecule has 0 aliphatic carbocycles. The molecule has 0 aromatic heterocycles. The summed E-state index contributed by atoms with van der Waals surface area (Å²) < 4.78 is 10.9. The lowest BCUT2D eigenvalue weighted by Crippen LogP contribution is -2.34. The van der Waals surface area contributed by atoms with E-state index >= 15 is 0 Å². The third kappa shape index (κ3) is 7.62. The van der Waals surface area contributed by atoms with Crippen LogP contribution in [0.2, 0.25) is 15.1 Å². The number of hydrogen-bond acceptors (Lipinski definition) is 5. The number of benzene rings is 3. The Morgan fingerprint density at radius 3 is 2.34 bits per heavy atom. The number of methoxy groups -OCH3 is 1. The highest BCUT2D eigenvalue weighted by Gasteiger charge is 2.21. The summed E-state index contributed by atoms with van der Waals surface area (Å²) >= 11 is 18.2. The molecular formula is C25H22Cl3N3O4. The summed E-state index contributed by atoms with van der Waals surface area (Å²) in [6.45, 7) is 1.67. The molecular weight excluding hydrogens is 513 g/mol. The molecule has 0 fully saturated rings. The normalized spacial score (nSPS) is 11.7. The van der Waals surface area contributed by atoms with E-state index in [0.717, 1.165) is 5.56 Å². The maximum absolute atomic E-state index is 12.4. The molecule has 7 nitrogen and oxygen atoms in total. The second-order valence-electron chi connectivity index (χ2n) is 7.38. The lowest BCUT2D eigenvalue weighted by molar-refractivity contribution is -0.131. The van der Waals surface area contributed by atoms with Crippen molar-refractivity contribution >= 4 is 58.5 Å². The van der Waals surface area contributed by atoms with Gasteiger partial charge in [0.2, 0.25) is 5.91 Å². The smallest absolute Gasteiger partial charge is 0.252 e. The van der Waals surface area contributed by atoms with Gasteiger partial charge in [-0.3, -0.25) is 9.59 Å². The van der Waals surface area contributed by atoms with Crippen LogP contribution in [-0.4, -0.2) is 25.1 Å². The van der Waals surface area contributed by atoms with Gasteiger partial charge in [-0.1, -0.05) is 40.9 Å². The van der Waals surface area contributed by atoms with E-state index < -0.39 is 17.7 Å². The Morgan fingerprint density at radius 2 is 1.66 bits per heavy atom. The Balaban J connectivity index is 1.60. The van der Waals surface area contributed by atoms with Crippen molar-refractivity contribution in [1.29, 1.82) is 0 Å². The minimum absolute atomic E-state index is 0.188. The molecule has 0 radical (unpaired) electrons. The summed E-state index contributed by atoms with van der Waals surface area (Å²) in [7, 11) is 1.55. The first-order chi connectivity index (χ1) is 16.8. The molecule has 182 valence electrons. The van der Waals surface area contributed by atoms with Crippen molar-refractivity contribution in [2.45, 2.75) is 13.5 Å². The third-order valence-corrected chi connectivity index (χ3v) is 5.71. The zero-order valence-corrected chi connectivity index (χ0v) is 21.1. The van der Waals surface area contributed by atoms with Crippen molar-refractivity contribution < 1.29 is 19.1 Å². The van der Waals surface area contributed by atoms with E-state index in [0.29, 0.717) is 37.8 Å². The molecule has 0 bridgehead atoms. The number of carbonyl (C=O) groups is 2. The number of hydrazone groups is 1. The van der Waals surface area contributed by atoms with E-state index in [-0.39, 0.29) is 6.61 Å². The van der Waals surface area contributed by atoms with Crippen molar-refractivity contribution in [2.75, 3.05) is 12.4 Å². The minimum atomic E-state index is -0.989. The number of halogens is 3. The fourth-order valence-electron chi connectivity index (χ4n) is 2.85. The fourth-order valence-corrected chi connectivity index (χ4v) is 3.50. The van der Waals surface area contributed by atoms with E-state index in [1.165, 1.54) is 13.1 Å². The average Bonchev–Trinajstić information content (AvgIpc) is 2.84. The maximum Gasteiger partial charge on any atom is 0.252 e. The lowest BCUT2D eigenvalue weighted by Gasteiger charge is -2.12. The molecule has 1 atom stereocenters. The number of nitrogens with zero attached hydrogens (tertiary/aromatic N) is 1. The highest BCUT2D eigenvalue weighted by molar-refractivity contribution is 6.35. The van der Waals surface area contributed by atoms with E-state index in [2.05, 4.69) is 15.8 Å². The fraction of sp³-hybridized carbons (Fsp3) is 0.160. The summed E-state index contributed by atoms with van der Waals surface area (Å²) in [6.07, 6.45) is 1.39. The number of hydrogen-bond donors (Lipinski definition) is 2. The number of carbonyl (C=O) groups excluding carboxylic acids is 2. The van der Waals surface area contributed by atoms with Gasteiger partial charge in [0.15, 0.2) is 0 Å². The SMILES string of the molecule is COc1ccc(NC(=O)C(C)C(=O)NN=Cc2cc(Cl)ccc2OCc2ccc(Cl)cc2Cl)cc1. The maximum atomic E-state index is 12.4. The van der Waals surface area contributed by atoms with Gasteiger partial charge in [0.1, 0.15) is 24.0 Å². The van der Waals surface area contributed by atoms with E-state index in [9.17, 15) is 9.59 Å². The van der Waals surface area contributed by atoms with Crippen molar-refractivity contribution in [2.24, 2.45) is 11.0 Å². The molecule has 35 heavy (non-hydrogen) atoms. The second kappa shape index (κ2) is 12.4. The molecule has 1 unspecified atom stereocenters. The summed E-state index contributed by atoms with van der Waals surface area (Å²) in [5.74, 6) is -0.914. The van der Waals surface area contributed by atoms with E-state index in [1.807, 2.05) is 0 Å². The highest BCUT2D eigenvalue weighted by Crippen LogP contribution is 2.25. The zero-order chi connectivity index (χ0) is 25.4. The molecule has 2 N–H and O–H groups in total. The van der Waals surface area contributed by atoms with Crippen LogP contribution in [0.1, 0.15) is 18.1 Å². The van der Waals surface area contributed by atoms with Crippen LogP contribution >= 0.6 is 34.8 Å². The topological polar surface area (TPSA) is 89.0 Å². The molecule has 3 rings (SSSR count). The summed E-state index contributed by atoms with van der Waals surface area (Å²) in [5, 5.41) is 8.10. The standard InChI is InChI=1S/C25H22Cl3N3O4/c1-15(24(32)30-20-6-8-21(34-2)9-7-20)25(33)31-29-13-17-11-18(26)5-10-23(17)35-14-16-3-4-19(27)12-22(16)28/h3-13,15H,14H2,1-2H3,(H,30,32)(H,31,33). The monoisotopic (exact) mass is 533 g/mol. The Hall–Kier alpha value is -3.26. The minimum Gasteiger partial charge on any atom is -0.497 e. The number of rotatable bonds is 9. The number of amides is 2. The summed E-state index contributed by atoms with van der Waals surface area (Å²) in [6, 6.07) is 16.9. The van der Waals surface area contributed by atoms with Gasteiger partial charge in [-0.15, -0.1) is 0 Å². The van der Waals surface area contributed by atoms with Crippen molar-refractivity contribution in [1.82, 2.24) is 5.43 Å². The molecule has 2 amide bonds. The number of nitrogens with one attached hydrogen (secondary N) is 2. The molecule has 0 saturated heterocycles. The van der Waals surface area contributed by atoms with Crippen LogP contribution in [0.25, 0.3) is 0 Å². The molecule has 10 heteroatoms. The lowest BCUT2D eigenvalue weighted by atomic mass is 10.1. The molecule has 0 aliphatic rings. The van der Waals surface area contributed by atoms with E-state index in [4.69, 9.17) is 44.3 Å². The Bertz CT molecular complexity index is 1230. The Kier molecular flexibility index (Phi) is 9.37. The average molecular weight is 535 g/mol. The zero-order valence-electron chi connectivity index (χ0n) is 18.8. The molecule has 0 heterocycles. The van der Waals surface area contributed by atoms with Gasteiger partial charge in [-0.05, 0) is 61.5 Å². The van der Waals surface area contributed by atoms with Crippen LogP contribution in [-0.2, 0) is 16.2 Å². The number of anilines is 1. The molecule has 3 aromatic carbocycles. The van der Waals surface area contributed by atoms with E-state index in [1.54, 1.807) is 67.8 Å². The summed E-state index contributed by atoms with van der Waals surface area (Å²) in [4.78, 5) is 24.8. The van der Waals surface area contributed by atoms with Crippen LogP contribution in [0, 0.1) is 5.92 Å². The predicted octanol–water partition coefficient (Wildman–Crippen LogP) is 5.96. The molecule has 0 saturated carbocycles. The van der Waals surface area contributed by atoms with Crippen LogP contribution in [0.3, 0.4) is 0 Å². The van der Waals surface area contributed by atoms with Crippen LogP contribution in [0.15, 0.2) is 65.8 Å².